The lowest BCUT2D eigenvalue weighted by molar-refractivity contribution is 0.0733. The number of nitrogens with zero attached hydrogens (tertiary/aromatic N) is 1. The fraction of sp³-hybridized carbons (Fsp3) is 0.0455. The molecule has 3 aromatic rings. The van der Waals surface area contributed by atoms with E-state index < -0.39 is 5.97 Å². The maximum absolute atomic E-state index is 12.6. The molecule has 0 atom stereocenters. The second-order valence-electron chi connectivity index (χ2n) is 6.16. The number of halogens is 1. The number of pyridine rings is 1. The van der Waals surface area contributed by atoms with E-state index >= 15 is 0 Å². The number of benzene rings is 2. The van der Waals surface area contributed by atoms with Gasteiger partial charge in [0.25, 0.3) is 0 Å². The summed E-state index contributed by atoms with van der Waals surface area (Å²) in [4.78, 5) is 29.1. The third kappa shape index (κ3) is 3.28. The molecule has 2 aromatic carbocycles. The van der Waals surface area contributed by atoms with Gasteiger partial charge in [-0.05, 0) is 48.9 Å². The number of ketones is 1. The number of hydrogen-bond acceptors (Lipinski definition) is 5. The second-order valence-corrected chi connectivity index (χ2v) is 6.57. The molecule has 138 valence electrons. The van der Waals surface area contributed by atoms with E-state index in [9.17, 15) is 9.59 Å². The highest BCUT2D eigenvalue weighted by atomic mass is 35.5. The maximum atomic E-state index is 12.6. The Hall–Kier alpha value is -3.44. The topological polar surface area (TPSA) is 65.5 Å². The Balaban J connectivity index is 1.63. The molecule has 0 radical (unpaired) electrons. The average molecular weight is 392 g/mol. The number of hydrogen-bond donors (Lipinski definition) is 0. The number of allylic oxidation sites excluding steroid dienone is 1. The molecule has 0 saturated carbocycles. The Labute approximate surface area is 166 Å². The van der Waals surface area contributed by atoms with Gasteiger partial charge in [0.2, 0.25) is 5.78 Å². The van der Waals surface area contributed by atoms with Gasteiger partial charge >= 0.3 is 5.97 Å². The Kier molecular flexibility index (Phi) is 4.67. The minimum Gasteiger partial charge on any atom is -0.452 e. The summed E-state index contributed by atoms with van der Waals surface area (Å²) in [5.41, 5.74) is 1.99. The van der Waals surface area contributed by atoms with Crippen molar-refractivity contribution in [1.29, 1.82) is 0 Å². The lowest BCUT2D eigenvalue weighted by atomic mass is 10.1. The zero-order chi connectivity index (χ0) is 19.7. The van der Waals surface area contributed by atoms with Crippen molar-refractivity contribution in [3.8, 4) is 11.5 Å². The first-order valence-corrected chi connectivity index (χ1v) is 8.87. The van der Waals surface area contributed by atoms with Gasteiger partial charge in [0.05, 0.1) is 16.1 Å². The Morgan fingerprint density at radius 2 is 1.96 bits per heavy atom. The Morgan fingerprint density at radius 3 is 2.71 bits per heavy atom. The van der Waals surface area contributed by atoms with Crippen LogP contribution in [-0.2, 0) is 0 Å². The van der Waals surface area contributed by atoms with Crippen molar-refractivity contribution in [3.63, 3.8) is 0 Å². The Morgan fingerprint density at radius 1 is 1.14 bits per heavy atom. The van der Waals surface area contributed by atoms with E-state index in [0.29, 0.717) is 27.6 Å². The normalized spacial score (nSPS) is 13.9. The molecule has 0 amide bonds. The maximum Gasteiger partial charge on any atom is 0.345 e. The fourth-order valence-corrected chi connectivity index (χ4v) is 3.09. The Bertz CT molecular complexity index is 1120. The van der Waals surface area contributed by atoms with Gasteiger partial charge in [-0.1, -0.05) is 29.8 Å². The van der Waals surface area contributed by atoms with E-state index in [0.717, 1.165) is 5.56 Å². The van der Waals surface area contributed by atoms with Gasteiger partial charge in [0, 0.05) is 18.0 Å². The van der Waals surface area contributed by atoms with E-state index in [2.05, 4.69) is 4.98 Å². The van der Waals surface area contributed by atoms with Crippen molar-refractivity contribution < 1.29 is 19.1 Å². The predicted molar refractivity (Wildman–Crippen MR) is 105 cm³/mol. The molecule has 1 aliphatic rings. The third-order valence-corrected chi connectivity index (χ3v) is 4.64. The molecule has 4 rings (SSSR count). The second kappa shape index (κ2) is 7.29. The average Bonchev–Trinajstić information content (AvgIpc) is 3.01. The van der Waals surface area contributed by atoms with Crippen LogP contribution in [0, 0.1) is 6.92 Å². The molecule has 0 unspecified atom stereocenters. The summed E-state index contributed by atoms with van der Waals surface area (Å²) in [5.74, 6) is 0.0689. The lowest BCUT2D eigenvalue weighted by Crippen LogP contribution is -2.10. The van der Waals surface area contributed by atoms with Crippen molar-refractivity contribution >= 4 is 29.4 Å². The van der Waals surface area contributed by atoms with Crippen LogP contribution in [-0.4, -0.2) is 16.7 Å². The molecule has 0 aliphatic carbocycles. The van der Waals surface area contributed by atoms with Crippen LogP contribution in [0.5, 0.6) is 11.5 Å². The minimum absolute atomic E-state index is 0.195. The standard InChI is InChI=1S/C22H14ClNO4/c1-13-18(28-22(26)15-6-2-3-7-17(15)23)9-8-16-20(25)19(27-21(13)16)11-14-5-4-10-24-12-14/h2-12H,1H3/b19-11-. The number of esters is 1. The fourth-order valence-electron chi connectivity index (χ4n) is 2.87. The van der Waals surface area contributed by atoms with Crippen LogP contribution in [0.25, 0.3) is 6.08 Å². The first-order chi connectivity index (χ1) is 13.5. The molecular weight excluding hydrogens is 378 g/mol. The van der Waals surface area contributed by atoms with Crippen LogP contribution < -0.4 is 9.47 Å². The predicted octanol–water partition coefficient (Wildman–Crippen LogP) is 4.88. The lowest BCUT2D eigenvalue weighted by Gasteiger charge is -2.10. The first-order valence-electron chi connectivity index (χ1n) is 8.49. The van der Waals surface area contributed by atoms with E-state index in [1.54, 1.807) is 67.9 Å². The molecule has 0 bridgehead atoms. The van der Waals surface area contributed by atoms with Gasteiger partial charge in [0.15, 0.2) is 5.76 Å². The van der Waals surface area contributed by atoms with E-state index in [-0.39, 0.29) is 17.1 Å². The molecule has 2 heterocycles. The number of carbonyl (C=O) groups is 2. The van der Waals surface area contributed by atoms with Crippen molar-refractivity contribution in [1.82, 2.24) is 4.98 Å². The summed E-state index contributed by atoms with van der Waals surface area (Å²) in [7, 11) is 0. The monoisotopic (exact) mass is 391 g/mol. The highest BCUT2D eigenvalue weighted by Crippen LogP contribution is 2.39. The summed E-state index contributed by atoms with van der Waals surface area (Å²) in [5, 5.41) is 0.305. The van der Waals surface area contributed by atoms with Crippen LogP contribution in [0.1, 0.15) is 31.8 Å². The van der Waals surface area contributed by atoms with Crippen LogP contribution >= 0.6 is 11.6 Å². The number of Topliss-reactive ketones (excluding diaryl/α,β-unsaturated/α-hetero) is 1. The molecule has 1 aromatic heterocycles. The van der Waals surface area contributed by atoms with Crippen molar-refractivity contribution in [2.45, 2.75) is 6.92 Å². The quantitative estimate of drug-likeness (QED) is 0.361. The largest absolute Gasteiger partial charge is 0.452 e. The summed E-state index contributed by atoms with van der Waals surface area (Å²) in [6.07, 6.45) is 4.92. The summed E-state index contributed by atoms with van der Waals surface area (Å²) < 4.78 is 11.3. The van der Waals surface area contributed by atoms with Crippen LogP contribution in [0.2, 0.25) is 5.02 Å². The number of rotatable bonds is 3. The molecule has 0 fully saturated rings. The summed E-state index contributed by atoms with van der Waals surface area (Å²) >= 11 is 6.05. The van der Waals surface area contributed by atoms with Gasteiger partial charge in [0.1, 0.15) is 11.5 Å². The van der Waals surface area contributed by atoms with Gasteiger partial charge in [-0.25, -0.2) is 4.79 Å². The molecule has 0 saturated heterocycles. The highest BCUT2D eigenvalue weighted by molar-refractivity contribution is 6.33. The molecular formula is C22H14ClNO4. The van der Waals surface area contributed by atoms with Crippen LogP contribution in [0.3, 0.4) is 0 Å². The smallest absolute Gasteiger partial charge is 0.345 e. The van der Waals surface area contributed by atoms with E-state index in [4.69, 9.17) is 21.1 Å². The van der Waals surface area contributed by atoms with Gasteiger partial charge in [-0.2, -0.15) is 0 Å². The molecule has 0 spiro atoms. The van der Waals surface area contributed by atoms with Gasteiger partial charge < -0.3 is 9.47 Å². The molecule has 28 heavy (non-hydrogen) atoms. The van der Waals surface area contributed by atoms with E-state index in [1.807, 2.05) is 6.07 Å². The zero-order valence-corrected chi connectivity index (χ0v) is 15.6. The minimum atomic E-state index is -0.580. The third-order valence-electron chi connectivity index (χ3n) is 4.32. The first kappa shape index (κ1) is 17.9. The highest BCUT2D eigenvalue weighted by Gasteiger charge is 2.30. The molecule has 6 heteroatoms. The van der Waals surface area contributed by atoms with Crippen molar-refractivity contribution in [2.24, 2.45) is 0 Å². The number of carbonyl (C=O) groups excluding carboxylic acids is 2. The van der Waals surface area contributed by atoms with E-state index in [1.165, 1.54) is 0 Å². The SMILES string of the molecule is Cc1c(OC(=O)c2ccccc2Cl)ccc2c1O/C(=C\c1cccnc1)C2=O. The number of aromatic nitrogens is 1. The van der Waals surface area contributed by atoms with Crippen molar-refractivity contribution in [2.75, 3.05) is 0 Å². The number of ether oxygens (including phenoxy) is 2. The molecule has 0 N–H and O–H groups in total. The van der Waals surface area contributed by atoms with Gasteiger partial charge in [-0.15, -0.1) is 0 Å². The number of fused-ring (bicyclic) bond motifs is 1. The van der Waals surface area contributed by atoms with Crippen LogP contribution in [0.15, 0.2) is 66.7 Å². The molecule has 1 aliphatic heterocycles. The summed E-state index contributed by atoms with van der Waals surface area (Å²) in [6.45, 7) is 1.73. The molecule has 5 nitrogen and oxygen atoms in total. The van der Waals surface area contributed by atoms with Crippen LogP contribution in [0.4, 0.5) is 0 Å². The zero-order valence-electron chi connectivity index (χ0n) is 14.8. The summed E-state index contributed by atoms with van der Waals surface area (Å²) in [6, 6.07) is 13.4. The van der Waals surface area contributed by atoms with Gasteiger partial charge in [-0.3, -0.25) is 9.78 Å². The van der Waals surface area contributed by atoms with Crippen molar-refractivity contribution in [3.05, 3.63) is 94.0 Å².